The summed E-state index contributed by atoms with van der Waals surface area (Å²) >= 11 is 0. The van der Waals surface area contributed by atoms with Crippen LogP contribution < -0.4 is 5.32 Å². The van der Waals surface area contributed by atoms with E-state index in [4.69, 9.17) is 5.26 Å². The molecular formula is C20H19N5O. The zero-order valence-electron chi connectivity index (χ0n) is 14.2. The van der Waals surface area contributed by atoms with Crippen LogP contribution in [0.1, 0.15) is 29.3 Å². The average molecular weight is 345 g/mol. The third kappa shape index (κ3) is 4.33. The highest BCUT2D eigenvalue weighted by molar-refractivity contribution is 5.75. The largest absolute Gasteiger partial charge is 0.355 e. The Labute approximate surface area is 152 Å². The zero-order chi connectivity index (χ0) is 18.2. The number of amides is 1. The van der Waals surface area contributed by atoms with Crippen LogP contribution in [0.5, 0.6) is 0 Å². The van der Waals surface area contributed by atoms with Gasteiger partial charge in [-0.3, -0.25) is 9.36 Å². The molecule has 0 aliphatic heterocycles. The smallest absolute Gasteiger partial charge is 0.240 e. The van der Waals surface area contributed by atoms with E-state index in [9.17, 15) is 4.79 Å². The molecule has 0 unspecified atom stereocenters. The molecule has 26 heavy (non-hydrogen) atoms. The minimum Gasteiger partial charge on any atom is -0.355 e. The first-order chi connectivity index (χ1) is 12.8. The molecule has 0 saturated heterocycles. The van der Waals surface area contributed by atoms with Gasteiger partial charge in [0.05, 0.1) is 0 Å². The molecular weight excluding hydrogens is 326 g/mol. The van der Waals surface area contributed by atoms with Gasteiger partial charge in [0.15, 0.2) is 0 Å². The van der Waals surface area contributed by atoms with E-state index in [2.05, 4.69) is 39.8 Å². The fraction of sp³-hybridized carbons (Fsp3) is 0.200. The number of nitrogens with zero attached hydrogens (tertiary/aromatic N) is 4. The minimum atomic E-state index is -0.166. The van der Waals surface area contributed by atoms with Crippen LogP contribution in [0.2, 0.25) is 0 Å². The lowest BCUT2D eigenvalue weighted by Gasteiger charge is -2.18. The monoisotopic (exact) mass is 345 g/mol. The Bertz CT molecular complexity index is 844. The molecule has 0 bridgehead atoms. The van der Waals surface area contributed by atoms with Crippen molar-refractivity contribution in [1.82, 2.24) is 20.1 Å². The lowest BCUT2D eigenvalue weighted by molar-refractivity contribution is -0.121. The van der Waals surface area contributed by atoms with E-state index in [0.29, 0.717) is 6.54 Å². The maximum Gasteiger partial charge on any atom is 0.240 e. The third-order valence-corrected chi connectivity index (χ3v) is 4.19. The van der Waals surface area contributed by atoms with Gasteiger partial charge < -0.3 is 5.32 Å². The first-order valence-corrected chi connectivity index (χ1v) is 8.42. The summed E-state index contributed by atoms with van der Waals surface area (Å²) in [7, 11) is 0. The van der Waals surface area contributed by atoms with Crippen molar-refractivity contribution < 1.29 is 4.79 Å². The number of nitrogens with one attached hydrogen (secondary N) is 1. The molecule has 0 spiro atoms. The van der Waals surface area contributed by atoms with Crippen molar-refractivity contribution >= 4 is 5.91 Å². The normalized spacial score (nSPS) is 10.5. The zero-order valence-corrected chi connectivity index (χ0v) is 14.2. The molecule has 3 aromatic rings. The van der Waals surface area contributed by atoms with Crippen molar-refractivity contribution in [3.8, 4) is 6.07 Å². The summed E-state index contributed by atoms with van der Waals surface area (Å²) in [6, 6.07) is 22.4. The highest BCUT2D eigenvalue weighted by Gasteiger charge is 2.14. The highest BCUT2D eigenvalue weighted by Crippen LogP contribution is 2.27. The Balaban J connectivity index is 1.62. The summed E-state index contributed by atoms with van der Waals surface area (Å²) in [5, 5.41) is 19.1. The second-order valence-corrected chi connectivity index (χ2v) is 5.91. The quantitative estimate of drug-likeness (QED) is 0.713. The first-order valence-electron chi connectivity index (χ1n) is 8.42. The summed E-state index contributed by atoms with van der Waals surface area (Å²) in [5.41, 5.74) is 2.44. The number of hydrogen-bond acceptors (Lipinski definition) is 4. The van der Waals surface area contributed by atoms with Gasteiger partial charge in [-0.15, -0.1) is 10.2 Å². The van der Waals surface area contributed by atoms with Gasteiger partial charge in [-0.2, -0.15) is 5.26 Å². The predicted octanol–water partition coefficient (Wildman–Crippen LogP) is 2.49. The summed E-state index contributed by atoms with van der Waals surface area (Å²) in [5.74, 6) is 0.176. The van der Waals surface area contributed by atoms with E-state index >= 15 is 0 Å². The second-order valence-electron chi connectivity index (χ2n) is 5.91. The van der Waals surface area contributed by atoms with Crippen LogP contribution >= 0.6 is 0 Å². The van der Waals surface area contributed by atoms with Crippen LogP contribution in [0.3, 0.4) is 0 Å². The summed E-state index contributed by atoms with van der Waals surface area (Å²) in [6.07, 6.45) is 2.17. The van der Waals surface area contributed by atoms with Crippen LogP contribution in [0.15, 0.2) is 67.0 Å². The number of carbonyl (C=O) groups excluding carboxylic acids is 1. The number of aromatic nitrogens is 3. The molecule has 130 valence electrons. The molecule has 0 radical (unpaired) electrons. The van der Waals surface area contributed by atoms with Gasteiger partial charge in [0.25, 0.3) is 0 Å². The molecule has 1 amide bonds. The van der Waals surface area contributed by atoms with Crippen molar-refractivity contribution in [1.29, 1.82) is 5.26 Å². The highest BCUT2D eigenvalue weighted by atomic mass is 16.1. The fourth-order valence-corrected chi connectivity index (χ4v) is 2.92. The van der Waals surface area contributed by atoms with Gasteiger partial charge in [0.1, 0.15) is 18.9 Å². The van der Waals surface area contributed by atoms with E-state index < -0.39 is 0 Å². The predicted molar refractivity (Wildman–Crippen MR) is 97.1 cm³/mol. The lowest BCUT2D eigenvalue weighted by atomic mass is 9.88. The van der Waals surface area contributed by atoms with Crippen LogP contribution in [0.25, 0.3) is 0 Å². The Morgan fingerprint density at radius 2 is 1.69 bits per heavy atom. The van der Waals surface area contributed by atoms with Gasteiger partial charge >= 0.3 is 0 Å². The lowest BCUT2D eigenvalue weighted by Crippen LogP contribution is -2.29. The Hall–Kier alpha value is -3.46. The standard InChI is InChI=1S/C20H19N5O/c21-13-19-24-23-15-25(19)14-20(26)22-12-11-18(16-7-3-1-4-8-16)17-9-5-2-6-10-17/h1-10,15,18H,11-12,14H2,(H,22,26). The first kappa shape index (κ1) is 17.4. The maximum atomic E-state index is 12.1. The van der Waals surface area contributed by atoms with Crippen molar-refractivity contribution in [2.75, 3.05) is 6.54 Å². The Morgan fingerprint density at radius 3 is 2.27 bits per heavy atom. The molecule has 6 nitrogen and oxygen atoms in total. The fourth-order valence-electron chi connectivity index (χ4n) is 2.92. The molecule has 0 atom stereocenters. The molecule has 1 heterocycles. The molecule has 6 heteroatoms. The third-order valence-electron chi connectivity index (χ3n) is 4.19. The topological polar surface area (TPSA) is 83.6 Å². The van der Waals surface area contributed by atoms with Gasteiger partial charge in [0.2, 0.25) is 11.7 Å². The van der Waals surface area contributed by atoms with E-state index in [1.54, 1.807) is 0 Å². The number of hydrogen-bond donors (Lipinski definition) is 1. The average Bonchev–Trinajstić information content (AvgIpc) is 3.13. The second kappa shape index (κ2) is 8.58. The van der Waals surface area contributed by atoms with Crippen molar-refractivity contribution in [3.05, 3.63) is 83.9 Å². The van der Waals surface area contributed by atoms with Crippen molar-refractivity contribution in [2.45, 2.75) is 18.9 Å². The number of benzene rings is 2. The van der Waals surface area contributed by atoms with E-state index in [1.807, 2.05) is 42.5 Å². The number of rotatable bonds is 7. The summed E-state index contributed by atoms with van der Waals surface area (Å²) < 4.78 is 1.43. The molecule has 0 fully saturated rings. The Kier molecular flexibility index (Phi) is 5.73. The van der Waals surface area contributed by atoms with Crippen LogP contribution in [-0.4, -0.2) is 27.2 Å². The van der Waals surface area contributed by atoms with E-state index in [1.165, 1.54) is 22.0 Å². The van der Waals surface area contributed by atoms with Crippen molar-refractivity contribution in [3.63, 3.8) is 0 Å². The molecule has 0 aliphatic carbocycles. The van der Waals surface area contributed by atoms with Crippen LogP contribution in [0, 0.1) is 11.3 Å². The molecule has 1 N–H and O–H groups in total. The Morgan fingerprint density at radius 1 is 1.08 bits per heavy atom. The molecule has 0 aliphatic rings. The minimum absolute atomic E-state index is 0.0389. The molecule has 3 rings (SSSR count). The molecule has 2 aromatic carbocycles. The number of carbonyl (C=O) groups is 1. The molecule has 0 saturated carbocycles. The number of nitriles is 1. The molecule has 1 aromatic heterocycles. The van der Waals surface area contributed by atoms with E-state index in [0.717, 1.165) is 6.42 Å². The van der Waals surface area contributed by atoms with Gasteiger partial charge in [-0.25, -0.2) is 0 Å². The summed E-state index contributed by atoms with van der Waals surface area (Å²) in [4.78, 5) is 12.1. The summed E-state index contributed by atoms with van der Waals surface area (Å²) in [6.45, 7) is 0.578. The van der Waals surface area contributed by atoms with E-state index in [-0.39, 0.29) is 24.2 Å². The van der Waals surface area contributed by atoms with Crippen LogP contribution in [0.4, 0.5) is 0 Å². The van der Waals surface area contributed by atoms with Gasteiger partial charge in [-0.1, -0.05) is 60.7 Å². The van der Waals surface area contributed by atoms with Gasteiger partial charge in [0, 0.05) is 12.5 Å². The SMILES string of the molecule is N#Cc1nncn1CC(=O)NCCC(c1ccccc1)c1ccccc1. The maximum absolute atomic E-state index is 12.1. The van der Waals surface area contributed by atoms with Gasteiger partial charge in [-0.05, 0) is 17.5 Å². The van der Waals surface area contributed by atoms with Crippen LogP contribution in [-0.2, 0) is 11.3 Å². The van der Waals surface area contributed by atoms with Crippen molar-refractivity contribution in [2.24, 2.45) is 0 Å².